The molecular formula is C22H22ClN3O3S. The number of amides is 1. The predicted molar refractivity (Wildman–Crippen MR) is 113 cm³/mol. The van der Waals surface area contributed by atoms with Gasteiger partial charge in [-0.1, -0.05) is 42.3 Å². The number of nitrogens with zero attached hydrogens (tertiary/aromatic N) is 3. The minimum absolute atomic E-state index is 0.0175. The first-order valence-electron chi connectivity index (χ1n) is 9.93. The fourth-order valence-electron chi connectivity index (χ4n) is 4.28. The Kier molecular flexibility index (Phi) is 5.58. The van der Waals surface area contributed by atoms with Crippen LogP contribution >= 0.6 is 11.6 Å². The minimum atomic E-state index is -3.78. The van der Waals surface area contributed by atoms with E-state index in [2.05, 4.69) is 0 Å². The van der Waals surface area contributed by atoms with Gasteiger partial charge in [0, 0.05) is 31.2 Å². The molecule has 156 valence electrons. The summed E-state index contributed by atoms with van der Waals surface area (Å²) in [5.74, 6) is 0.0607. The van der Waals surface area contributed by atoms with Crippen molar-refractivity contribution >= 4 is 27.5 Å². The van der Waals surface area contributed by atoms with Gasteiger partial charge in [-0.3, -0.25) is 4.79 Å². The van der Waals surface area contributed by atoms with E-state index in [1.165, 1.54) is 16.4 Å². The standard InChI is InChI=1S/C22H22ClN3O3S/c23-19-8-6-18(7-9-19)22(10-3-11-22)21(27)25-12-14-26(15-13-25)30(28,29)20-5-2-1-4-17(20)16-24/h1-2,4-9H,3,10-15H2. The lowest BCUT2D eigenvalue weighted by molar-refractivity contribution is -0.142. The molecule has 8 heteroatoms. The van der Waals surface area contributed by atoms with Crippen LogP contribution in [0.1, 0.15) is 30.4 Å². The molecule has 0 aromatic heterocycles. The van der Waals surface area contributed by atoms with E-state index in [4.69, 9.17) is 11.6 Å². The van der Waals surface area contributed by atoms with Crippen molar-refractivity contribution < 1.29 is 13.2 Å². The van der Waals surface area contributed by atoms with Gasteiger partial charge in [0.1, 0.15) is 6.07 Å². The van der Waals surface area contributed by atoms with Gasteiger partial charge in [-0.25, -0.2) is 8.42 Å². The number of hydrogen-bond donors (Lipinski definition) is 0. The molecule has 0 radical (unpaired) electrons. The van der Waals surface area contributed by atoms with Gasteiger partial charge in [0.05, 0.1) is 15.9 Å². The van der Waals surface area contributed by atoms with Gasteiger partial charge in [0.2, 0.25) is 15.9 Å². The van der Waals surface area contributed by atoms with Crippen LogP contribution in [0.4, 0.5) is 0 Å². The van der Waals surface area contributed by atoms with Crippen LogP contribution in [-0.2, 0) is 20.2 Å². The summed E-state index contributed by atoms with van der Waals surface area (Å²) in [5.41, 5.74) is 0.576. The molecule has 0 N–H and O–H groups in total. The first-order valence-corrected chi connectivity index (χ1v) is 11.7. The molecule has 1 saturated heterocycles. The van der Waals surface area contributed by atoms with Gasteiger partial charge in [-0.15, -0.1) is 0 Å². The van der Waals surface area contributed by atoms with Gasteiger partial charge in [-0.2, -0.15) is 9.57 Å². The number of halogens is 1. The lowest BCUT2D eigenvalue weighted by Gasteiger charge is -2.46. The summed E-state index contributed by atoms with van der Waals surface area (Å²) in [5, 5.41) is 9.89. The maximum absolute atomic E-state index is 13.4. The summed E-state index contributed by atoms with van der Waals surface area (Å²) in [6, 6.07) is 15.6. The van der Waals surface area contributed by atoms with Crippen molar-refractivity contribution in [3.05, 3.63) is 64.7 Å². The van der Waals surface area contributed by atoms with Crippen molar-refractivity contribution in [1.29, 1.82) is 5.26 Å². The summed E-state index contributed by atoms with van der Waals surface area (Å²) in [4.78, 5) is 15.2. The van der Waals surface area contributed by atoms with Crippen molar-refractivity contribution in [2.24, 2.45) is 0 Å². The zero-order valence-corrected chi connectivity index (χ0v) is 18.0. The molecule has 1 heterocycles. The molecule has 0 atom stereocenters. The summed E-state index contributed by atoms with van der Waals surface area (Å²) in [7, 11) is -3.78. The molecule has 2 aromatic carbocycles. The summed E-state index contributed by atoms with van der Waals surface area (Å²) in [6.45, 7) is 1.10. The molecule has 1 saturated carbocycles. The Labute approximate surface area is 181 Å². The van der Waals surface area contributed by atoms with Gasteiger partial charge in [0.25, 0.3) is 0 Å². The van der Waals surface area contributed by atoms with E-state index in [1.807, 2.05) is 18.2 Å². The first kappa shape index (κ1) is 20.9. The fraction of sp³-hybridized carbons (Fsp3) is 0.364. The van der Waals surface area contributed by atoms with E-state index in [9.17, 15) is 18.5 Å². The molecule has 2 aliphatic rings. The Balaban J connectivity index is 1.50. The Morgan fingerprint density at radius 3 is 2.20 bits per heavy atom. The smallest absolute Gasteiger partial charge is 0.244 e. The van der Waals surface area contributed by atoms with Gasteiger partial charge in [-0.05, 0) is 42.7 Å². The average molecular weight is 444 g/mol. The first-order chi connectivity index (χ1) is 14.4. The zero-order chi connectivity index (χ0) is 21.4. The number of rotatable bonds is 4. The second kappa shape index (κ2) is 8.03. The Bertz CT molecular complexity index is 1100. The quantitative estimate of drug-likeness (QED) is 0.726. The van der Waals surface area contributed by atoms with Crippen LogP contribution in [0.2, 0.25) is 5.02 Å². The summed E-state index contributed by atoms with van der Waals surface area (Å²) in [6.07, 6.45) is 2.58. The summed E-state index contributed by atoms with van der Waals surface area (Å²) >= 11 is 6.00. The van der Waals surface area contributed by atoms with Crippen LogP contribution in [0.3, 0.4) is 0 Å². The van der Waals surface area contributed by atoms with Gasteiger partial charge in [0.15, 0.2) is 0 Å². The third-order valence-electron chi connectivity index (χ3n) is 6.16. The van der Waals surface area contributed by atoms with E-state index >= 15 is 0 Å². The van der Waals surface area contributed by atoms with Crippen LogP contribution in [-0.4, -0.2) is 49.7 Å². The lowest BCUT2D eigenvalue weighted by Crippen LogP contribution is -2.57. The highest BCUT2D eigenvalue weighted by atomic mass is 35.5. The molecule has 0 unspecified atom stereocenters. The number of nitriles is 1. The molecule has 0 bridgehead atoms. The molecule has 1 amide bonds. The topological polar surface area (TPSA) is 81.5 Å². The zero-order valence-electron chi connectivity index (χ0n) is 16.4. The van der Waals surface area contributed by atoms with Crippen LogP contribution in [0, 0.1) is 11.3 Å². The Morgan fingerprint density at radius 2 is 1.63 bits per heavy atom. The molecule has 30 heavy (non-hydrogen) atoms. The normalized spacial score (nSPS) is 19.0. The molecule has 0 spiro atoms. The van der Waals surface area contributed by atoms with Crippen LogP contribution in [0.25, 0.3) is 0 Å². The number of carbonyl (C=O) groups is 1. The van der Waals surface area contributed by atoms with Gasteiger partial charge >= 0.3 is 0 Å². The second-order valence-electron chi connectivity index (χ2n) is 7.75. The highest BCUT2D eigenvalue weighted by molar-refractivity contribution is 7.89. The minimum Gasteiger partial charge on any atom is -0.339 e. The molecular weight excluding hydrogens is 422 g/mol. The molecule has 2 aromatic rings. The van der Waals surface area contributed by atoms with Crippen LogP contribution in [0.5, 0.6) is 0 Å². The predicted octanol–water partition coefficient (Wildman–Crippen LogP) is 3.17. The molecule has 4 rings (SSSR count). The molecule has 6 nitrogen and oxygen atoms in total. The Hall–Kier alpha value is -2.40. The van der Waals surface area contributed by atoms with Crippen molar-refractivity contribution in [1.82, 2.24) is 9.21 Å². The number of carbonyl (C=O) groups excluding carboxylic acids is 1. The van der Waals surface area contributed by atoms with E-state index in [0.717, 1.165) is 24.8 Å². The van der Waals surface area contributed by atoms with Crippen molar-refractivity contribution in [2.75, 3.05) is 26.2 Å². The number of benzene rings is 2. The van der Waals surface area contributed by atoms with Crippen LogP contribution in [0.15, 0.2) is 53.4 Å². The van der Waals surface area contributed by atoms with Crippen LogP contribution < -0.4 is 0 Å². The van der Waals surface area contributed by atoms with Crippen molar-refractivity contribution in [3.63, 3.8) is 0 Å². The largest absolute Gasteiger partial charge is 0.339 e. The molecule has 1 aliphatic heterocycles. The monoisotopic (exact) mass is 443 g/mol. The number of hydrogen-bond acceptors (Lipinski definition) is 4. The van der Waals surface area contributed by atoms with E-state index in [-0.39, 0.29) is 29.5 Å². The fourth-order valence-corrected chi connectivity index (χ4v) is 5.97. The number of sulfonamides is 1. The van der Waals surface area contributed by atoms with E-state index in [1.54, 1.807) is 29.2 Å². The highest BCUT2D eigenvalue weighted by Gasteiger charge is 2.48. The van der Waals surface area contributed by atoms with E-state index < -0.39 is 15.4 Å². The Morgan fingerprint density at radius 1 is 1.00 bits per heavy atom. The average Bonchev–Trinajstić information content (AvgIpc) is 2.74. The van der Waals surface area contributed by atoms with E-state index in [0.29, 0.717) is 18.1 Å². The van der Waals surface area contributed by atoms with Crippen molar-refractivity contribution in [3.8, 4) is 6.07 Å². The maximum atomic E-state index is 13.4. The van der Waals surface area contributed by atoms with Crippen molar-refractivity contribution in [2.45, 2.75) is 29.6 Å². The lowest BCUT2D eigenvalue weighted by atomic mass is 9.63. The second-order valence-corrected chi connectivity index (χ2v) is 10.1. The third-order valence-corrected chi connectivity index (χ3v) is 8.37. The maximum Gasteiger partial charge on any atom is 0.244 e. The molecule has 2 fully saturated rings. The SMILES string of the molecule is N#Cc1ccccc1S(=O)(=O)N1CCN(C(=O)C2(c3ccc(Cl)cc3)CCC2)CC1. The summed E-state index contributed by atoms with van der Waals surface area (Å²) < 4.78 is 27.4. The molecule has 1 aliphatic carbocycles. The van der Waals surface area contributed by atoms with Gasteiger partial charge < -0.3 is 4.90 Å². The highest BCUT2D eigenvalue weighted by Crippen LogP contribution is 2.45. The third kappa shape index (κ3) is 3.49. The number of piperazine rings is 1.